The van der Waals surface area contributed by atoms with Crippen LogP contribution in [0.15, 0.2) is 40.5 Å². The van der Waals surface area contributed by atoms with Crippen LogP contribution in [0.1, 0.15) is 32.6 Å². The molecule has 1 aromatic carbocycles. The molecule has 0 aliphatic heterocycles. The van der Waals surface area contributed by atoms with E-state index in [4.69, 9.17) is 15.2 Å². The summed E-state index contributed by atoms with van der Waals surface area (Å²) in [6.07, 6.45) is -9.90. The highest BCUT2D eigenvalue weighted by molar-refractivity contribution is 7.99. The van der Waals surface area contributed by atoms with Crippen molar-refractivity contribution in [1.29, 1.82) is 0 Å². The summed E-state index contributed by atoms with van der Waals surface area (Å²) in [6.45, 7) is 2.14. The van der Waals surface area contributed by atoms with Gasteiger partial charge < -0.3 is 19.8 Å². The lowest BCUT2D eigenvalue weighted by atomic mass is 10.1. The summed E-state index contributed by atoms with van der Waals surface area (Å²) in [5.41, 5.74) is 6.51. The molecule has 0 saturated carbocycles. The summed E-state index contributed by atoms with van der Waals surface area (Å²) in [7, 11) is 1.56. The molecule has 3 aromatic rings. The first kappa shape index (κ1) is 29.2. The first-order valence-corrected chi connectivity index (χ1v) is 12.6. The number of halogens is 6. The van der Waals surface area contributed by atoms with Crippen molar-refractivity contribution in [2.75, 3.05) is 18.9 Å². The lowest BCUT2D eigenvalue weighted by molar-refractivity contribution is -0.205. The van der Waals surface area contributed by atoms with E-state index in [1.807, 2.05) is 24.3 Å². The molecule has 7 nitrogen and oxygen atoms in total. The number of anilines is 1. The zero-order valence-electron chi connectivity index (χ0n) is 19.8. The molecule has 37 heavy (non-hydrogen) atoms. The number of benzene rings is 1. The minimum absolute atomic E-state index is 0.0632. The molecule has 0 fully saturated rings. The predicted molar refractivity (Wildman–Crippen MR) is 130 cm³/mol. The monoisotopic (exact) mass is 569 g/mol. The molecule has 2 heterocycles. The van der Waals surface area contributed by atoms with Crippen molar-refractivity contribution < 1.29 is 35.8 Å². The fourth-order valence-corrected chi connectivity index (χ4v) is 4.87. The molecule has 204 valence electrons. The van der Waals surface area contributed by atoms with Crippen molar-refractivity contribution in [2.24, 2.45) is 0 Å². The molecule has 1 unspecified atom stereocenters. The number of alkyl halides is 6. The summed E-state index contributed by atoms with van der Waals surface area (Å²) in [6, 6.07) is 7.35. The second kappa shape index (κ2) is 12.0. The third-order valence-corrected chi connectivity index (χ3v) is 6.54. The highest BCUT2D eigenvalue weighted by Crippen LogP contribution is 2.42. The van der Waals surface area contributed by atoms with E-state index in [2.05, 4.69) is 21.9 Å². The van der Waals surface area contributed by atoms with Crippen LogP contribution in [0.4, 0.5) is 32.3 Å². The van der Waals surface area contributed by atoms with Gasteiger partial charge in [-0.25, -0.2) is 9.97 Å². The van der Waals surface area contributed by atoms with Crippen LogP contribution in [0.3, 0.4) is 0 Å². The van der Waals surface area contributed by atoms with Crippen LogP contribution in [0.25, 0.3) is 11.2 Å². The van der Waals surface area contributed by atoms with Crippen LogP contribution < -0.4 is 10.5 Å². The van der Waals surface area contributed by atoms with Gasteiger partial charge in [0.25, 0.3) is 0 Å². The Balaban J connectivity index is 1.72. The number of nitrogens with two attached hydrogens (primary N) is 1. The largest absolute Gasteiger partial charge is 0.494 e. The van der Waals surface area contributed by atoms with Crippen LogP contribution in [0.5, 0.6) is 5.75 Å². The van der Waals surface area contributed by atoms with Gasteiger partial charge in [0.15, 0.2) is 5.65 Å². The van der Waals surface area contributed by atoms with E-state index in [9.17, 15) is 26.3 Å². The average Bonchev–Trinajstić information content (AvgIpc) is 3.15. The van der Waals surface area contributed by atoms with Gasteiger partial charge in [0.2, 0.25) is 5.95 Å². The Kier molecular flexibility index (Phi) is 9.52. The number of aromatic nitrogens is 4. The second-order valence-corrected chi connectivity index (χ2v) is 10.4. The fraction of sp³-hybridized carbons (Fsp3) is 0.500. The number of rotatable bonds is 12. The number of hydrogen-bond donors (Lipinski definition) is 1. The molecule has 0 amide bonds. The number of ether oxygens (including phenoxy) is 2. The van der Waals surface area contributed by atoms with Gasteiger partial charge >= 0.3 is 12.4 Å². The predicted octanol–water partition coefficient (Wildman–Crippen LogP) is 6.23. The maximum absolute atomic E-state index is 12.9. The van der Waals surface area contributed by atoms with E-state index >= 15 is 0 Å². The molecular formula is C22H26F6N5O2PS. The zero-order chi connectivity index (χ0) is 27.3. The van der Waals surface area contributed by atoms with Gasteiger partial charge in [0, 0.05) is 11.4 Å². The van der Waals surface area contributed by atoms with Crippen molar-refractivity contribution in [3.63, 3.8) is 0 Å². The maximum atomic E-state index is 12.9. The van der Waals surface area contributed by atoms with E-state index in [1.54, 1.807) is 9.24 Å². The van der Waals surface area contributed by atoms with Crippen LogP contribution >= 0.6 is 21.0 Å². The average molecular weight is 570 g/mol. The van der Waals surface area contributed by atoms with Crippen LogP contribution in [-0.2, 0) is 11.3 Å². The molecule has 2 aromatic heterocycles. The summed E-state index contributed by atoms with van der Waals surface area (Å²) in [5, 5.41) is -2.11. The molecule has 3 rings (SSSR count). The Morgan fingerprint density at radius 2 is 1.65 bits per heavy atom. The Morgan fingerprint density at radius 1 is 1.00 bits per heavy atom. The Bertz CT molecular complexity index is 1160. The number of imidazole rings is 1. The SMILES string of the molecule is CCCCOc1ccc(Sc2nc(N)nc3c2ncn3CCOC(P)(CC(F)(F)F)CC(F)(F)F)cc1. The third kappa shape index (κ3) is 9.19. The van der Waals surface area contributed by atoms with Crippen molar-refractivity contribution in [2.45, 2.75) is 66.8 Å². The van der Waals surface area contributed by atoms with Crippen LogP contribution in [0.2, 0.25) is 0 Å². The van der Waals surface area contributed by atoms with Crippen molar-refractivity contribution in [3.8, 4) is 5.75 Å². The minimum Gasteiger partial charge on any atom is -0.494 e. The molecule has 15 heteroatoms. The number of fused-ring (bicyclic) bond motifs is 1. The fourth-order valence-electron chi connectivity index (χ4n) is 3.41. The summed E-state index contributed by atoms with van der Waals surface area (Å²) < 4.78 is 89.4. The van der Waals surface area contributed by atoms with Gasteiger partial charge in [-0.3, -0.25) is 0 Å². The van der Waals surface area contributed by atoms with Gasteiger partial charge in [-0.1, -0.05) is 25.1 Å². The molecule has 0 spiro atoms. The molecular weight excluding hydrogens is 543 g/mol. The molecule has 0 bridgehead atoms. The first-order valence-electron chi connectivity index (χ1n) is 11.2. The summed E-state index contributed by atoms with van der Waals surface area (Å²) in [4.78, 5) is 13.5. The minimum atomic E-state index is -4.84. The van der Waals surface area contributed by atoms with Crippen molar-refractivity contribution in [1.82, 2.24) is 19.5 Å². The Labute approximate surface area is 215 Å². The topological polar surface area (TPSA) is 88.1 Å². The van der Waals surface area contributed by atoms with Gasteiger partial charge in [-0.2, -0.15) is 31.3 Å². The van der Waals surface area contributed by atoms with E-state index < -0.39 is 37.1 Å². The molecule has 0 radical (unpaired) electrons. The van der Waals surface area contributed by atoms with Crippen LogP contribution in [0, 0.1) is 0 Å². The van der Waals surface area contributed by atoms with Crippen LogP contribution in [-0.4, -0.2) is 50.4 Å². The normalized spacial score (nSPS) is 12.9. The zero-order valence-corrected chi connectivity index (χ0v) is 21.7. The molecule has 0 aliphatic rings. The van der Waals surface area contributed by atoms with Gasteiger partial charge in [0.1, 0.15) is 16.3 Å². The summed E-state index contributed by atoms with van der Waals surface area (Å²) >= 11 is 1.28. The molecule has 1 atom stereocenters. The molecule has 0 saturated heterocycles. The standard InChI is InChI=1S/C22H26F6N5O2PS/c1-2-3-9-34-14-4-6-15(7-5-14)37-18-16-17(31-19(29)32-18)33(13-30-16)8-10-35-20(36,11-21(23,24)25)12-22(26,27)28/h4-7,13H,2-3,8-12,36H2,1H3,(H2,29,31,32). The smallest absolute Gasteiger partial charge is 0.392 e. The lowest BCUT2D eigenvalue weighted by Crippen LogP contribution is -2.37. The van der Waals surface area contributed by atoms with E-state index in [1.165, 1.54) is 22.7 Å². The second-order valence-electron chi connectivity index (χ2n) is 8.27. The van der Waals surface area contributed by atoms with Gasteiger partial charge in [-0.05, 0) is 30.7 Å². The number of unbranched alkanes of at least 4 members (excludes halogenated alkanes) is 1. The summed E-state index contributed by atoms with van der Waals surface area (Å²) in [5.74, 6) is 0.669. The quantitative estimate of drug-likeness (QED) is 0.120. The van der Waals surface area contributed by atoms with Crippen molar-refractivity contribution >= 4 is 38.1 Å². The maximum Gasteiger partial charge on any atom is 0.392 e. The molecule has 0 aliphatic carbocycles. The number of hydrogen-bond acceptors (Lipinski definition) is 7. The molecule has 2 N–H and O–H groups in total. The van der Waals surface area contributed by atoms with E-state index in [0.29, 0.717) is 17.1 Å². The van der Waals surface area contributed by atoms with Crippen molar-refractivity contribution in [3.05, 3.63) is 30.6 Å². The number of nitrogens with zero attached hydrogens (tertiary/aromatic N) is 4. The van der Waals surface area contributed by atoms with E-state index in [0.717, 1.165) is 23.5 Å². The Hall–Kier alpha value is -2.31. The van der Waals surface area contributed by atoms with E-state index in [-0.39, 0.29) is 18.1 Å². The first-order chi connectivity index (χ1) is 17.3. The third-order valence-electron chi connectivity index (χ3n) is 4.98. The highest BCUT2D eigenvalue weighted by atomic mass is 32.2. The Morgan fingerprint density at radius 3 is 2.24 bits per heavy atom. The van der Waals surface area contributed by atoms with Gasteiger partial charge in [-0.15, -0.1) is 9.24 Å². The lowest BCUT2D eigenvalue weighted by Gasteiger charge is -2.31. The highest BCUT2D eigenvalue weighted by Gasteiger charge is 2.47. The number of nitrogen functional groups attached to an aromatic ring is 1. The van der Waals surface area contributed by atoms with Gasteiger partial charge in [0.05, 0.1) is 37.7 Å².